The first kappa shape index (κ1) is 28.0. The van der Waals surface area contributed by atoms with Gasteiger partial charge in [0.05, 0.1) is 17.9 Å². The molecule has 38 heavy (non-hydrogen) atoms. The summed E-state index contributed by atoms with van der Waals surface area (Å²) < 4.78 is 15.7. The Morgan fingerprint density at radius 1 is 1.08 bits per heavy atom. The number of piperidine rings is 1. The molecule has 2 heterocycles. The second kappa shape index (κ2) is 12.7. The third kappa shape index (κ3) is 6.51. The van der Waals surface area contributed by atoms with Gasteiger partial charge in [0, 0.05) is 31.1 Å². The van der Waals surface area contributed by atoms with Crippen molar-refractivity contribution < 1.29 is 19.4 Å². The van der Waals surface area contributed by atoms with E-state index in [-0.39, 0.29) is 23.6 Å². The minimum Gasteiger partial charge on any atom is -0.393 e. The highest BCUT2D eigenvalue weighted by molar-refractivity contribution is 5.94. The maximum Gasteiger partial charge on any atom is 0.274 e. The Hall–Kier alpha value is -3.03. The average Bonchev–Trinajstić information content (AvgIpc) is 3.32. The van der Waals surface area contributed by atoms with Gasteiger partial charge in [0.1, 0.15) is 11.6 Å². The number of imidazole rings is 1. The molecule has 0 radical (unpaired) electrons. The van der Waals surface area contributed by atoms with Crippen LogP contribution in [0.3, 0.4) is 0 Å². The van der Waals surface area contributed by atoms with Gasteiger partial charge >= 0.3 is 0 Å². The number of hydrogen-bond donors (Lipinski definition) is 2. The van der Waals surface area contributed by atoms with Crippen molar-refractivity contribution in [2.24, 2.45) is 0 Å². The molecule has 1 amide bonds. The molecule has 7 heteroatoms. The monoisotopic (exact) mass is 521 g/mol. The van der Waals surface area contributed by atoms with Crippen LogP contribution in [0.15, 0.2) is 54.6 Å². The molecule has 1 aromatic heterocycles. The van der Waals surface area contributed by atoms with Crippen LogP contribution in [0, 0.1) is 5.82 Å². The molecular weight excluding hydrogens is 481 g/mol. The summed E-state index contributed by atoms with van der Waals surface area (Å²) >= 11 is 0. The number of aliphatic hydroxyl groups is 2. The molecule has 2 aromatic carbocycles. The summed E-state index contributed by atoms with van der Waals surface area (Å²) in [5.74, 6) is 0.464. The van der Waals surface area contributed by atoms with Crippen molar-refractivity contribution in [2.75, 3.05) is 13.1 Å². The molecule has 0 spiro atoms. The van der Waals surface area contributed by atoms with E-state index in [1.54, 1.807) is 12.1 Å². The molecule has 0 bridgehead atoms. The first-order valence-corrected chi connectivity index (χ1v) is 13.8. The summed E-state index contributed by atoms with van der Waals surface area (Å²) in [5, 5.41) is 20.6. The fourth-order valence-electron chi connectivity index (χ4n) is 5.44. The Morgan fingerprint density at radius 3 is 2.45 bits per heavy atom. The van der Waals surface area contributed by atoms with E-state index in [9.17, 15) is 19.4 Å². The largest absolute Gasteiger partial charge is 0.393 e. The predicted molar refractivity (Wildman–Crippen MR) is 148 cm³/mol. The van der Waals surface area contributed by atoms with Crippen molar-refractivity contribution >= 4 is 5.91 Å². The lowest BCUT2D eigenvalue weighted by molar-refractivity contribution is 0.0700. The number of carbonyl (C=O) groups excluding carboxylic acids is 1. The Balaban J connectivity index is 1.68. The summed E-state index contributed by atoms with van der Waals surface area (Å²) in [7, 11) is 0. The van der Waals surface area contributed by atoms with E-state index in [0.29, 0.717) is 50.4 Å². The lowest BCUT2D eigenvalue weighted by Crippen LogP contribution is -2.39. The first-order chi connectivity index (χ1) is 18.3. The van der Waals surface area contributed by atoms with Crippen molar-refractivity contribution in [3.8, 4) is 11.4 Å². The first-order valence-electron chi connectivity index (χ1n) is 13.8. The summed E-state index contributed by atoms with van der Waals surface area (Å²) in [6, 6.07) is 16.5. The average molecular weight is 522 g/mol. The van der Waals surface area contributed by atoms with Gasteiger partial charge in [-0.15, -0.1) is 0 Å². The fraction of sp³-hybridized carbons (Fsp3) is 0.484. The maximum absolute atomic E-state index is 14.0. The number of halogens is 1. The van der Waals surface area contributed by atoms with E-state index in [2.05, 4.69) is 12.1 Å². The third-order valence-corrected chi connectivity index (χ3v) is 7.54. The van der Waals surface area contributed by atoms with Crippen LogP contribution in [0.1, 0.15) is 86.5 Å². The standard InChI is InChI=1S/C31H40FN3O3/c1-4-26(36)19-27(37)16-18-35-29(21(2)3)28(33-30(35)23-12-14-25(32)15-13-23)31(38)34-17-8-11-24(20-34)22-9-6-5-7-10-22/h5-7,9-10,12-15,21,24,26-27,36-37H,4,8,11,16-20H2,1-3H3. The molecular formula is C31H40FN3O3. The number of likely N-dealkylation sites (tertiary alicyclic amines) is 1. The SMILES string of the molecule is CCC(O)CC(O)CCn1c(-c2ccc(F)cc2)nc(C(=O)N2CCCC(c3ccccc3)C2)c1C(C)C. The Kier molecular flexibility index (Phi) is 9.34. The van der Waals surface area contributed by atoms with Gasteiger partial charge in [-0.2, -0.15) is 0 Å². The number of benzene rings is 2. The summed E-state index contributed by atoms with van der Waals surface area (Å²) in [6.45, 7) is 7.74. The predicted octanol–water partition coefficient (Wildman–Crippen LogP) is 5.74. The van der Waals surface area contributed by atoms with Gasteiger partial charge in [-0.05, 0) is 67.9 Å². The lowest BCUT2D eigenvalue weighted by atomic mass is 9.90. The van der Waals surface area contributed by atoms with Gasteiger partial charge in [0.15, 0.2) is 5.69 Å². The van der Waals surface area contributed by atoms with E-state index in [1.807, 2.05) is 48.4 Å². The highest BCUT2D eigenvalue weighted by Gasteiger charge is 2.31. The third-order valence-electron chi connectivity index (χ3n) is 7.54. The second-order valence-corrected chi connectivity index (χ2v) is 10.7. The van der Waals surface area contributed by atoms with E-state index in [1.165, 1.54) is 17.7 Å². The summed E-state index contributed by atoms with van der Waals surface area (Å²) in [6.07, 6.45) is 2.03. The molecule has 6 nitrogen and oxygen atoms in total. The fourth-order valence-corrected chi connectivity index (χ4v) is 5.44. The van der Waals surface area contributed by atoms with Gasteiger partial charge in [-0.3, -0.25) is 4.79 Å². The van der Waals surface area contributed by atoms with Gasteiger partial charge in [-0.1, -0.05) is 51.1 Å². The molecule has 0 saturated carbocycles. The van der Waals surface area contributed by atoms with Crippen LogP contribution >= 0.6 is 0 Å². The topological polar surface area (TPSA) is 78.6 Å². The Labute approximate surface area is 225 Å². The van der Waals surface area contributed by atoms with Crippen LogP contribution in [0.2, 0.25) is 0 Å². The van der Waals surface area contributed by atoms with Crippen molar-refractivity contribution in [2.45, 2.75) is 83.5 Å². The highest BCUT2D eigenvalue weighted by atomic mass is 19.1. The molecule has 204 valence electrons. The van der Waals surface area contributed by atoms with E-state index in [0.717, 1.165) is 24.1 Å². The van der Waals surface area contributed by atoms with Crippen LogP contribution in [0.25, 0.3) is 11.4 Å². The normalized spacial score (nSPS) is 17.6. The zero-order valence-corrected chi connectivity index (χ0v) is 22.7. The molecule has 3 unspecified atom stereocenters. The number of aromatic nitrogens is 2. The lowest BCUT2D eigenvalue weighted by Gasteiger charge is -2.33. The van der Waals surface area contributed by atoms with Crippen LogP contribution < -0.4 is 0 Å². The Bertz CT molecular complexity index is 1190. The molecule has 1 saturated heterocycles. The molecule has 2 N–H and O–H groups in total. The van der Waals surface area contributed by atoms with E-state index in [4.69, 9.17) is 4.98 Å². The van der Waals surface area contributed by atoms with Crippen molar-refractivity contribution in [1.82, 2.24) is 14.5 Å². The van der Waals surface area contributed by atoms with Gasteiger partial charge < -0.3 is 19.7 Å². The number of rotatable bonds is 10. The van der Waals surface area contributed by atoms with Gasteiger partial charge in [0.25, 0.3) is 5.91 Å². The zero-order valence-electron chi connectivity index (χ0n) is 22.7. The molecule has 3 atom stereocenters. The van der Waals surface area contributed by atoms with Crippen LogP contribution in [-0.2, 0) is 6.54 Å². The van der Waals surface area contributed by atoms with Crippen LogP contribution in [0.5, 0.6) is 0 Å². The molecule has 1 aliphatic rings. The van der Waals surface area contributed by atoms with Crippen LogP contribution in [-0.4, -0.2) is 55.9 Å². The summed E-state index contributed by atoms with van der Waals surface area (Å²) in [4.78, 5) is 20.8. The molecule has 3 aromatic rings. The highest BCUT2D eigenvalue weighted by Crippen LogP contribution is 2.32. The van der Waals surface area contributed by atoms with Crippen molar-refractivity contribution in [3.05, 3.63) is 77.4 Å². The van der Waals surface area contributed by atoms with Gasteiger partial charge in [-0.25, -0.2) is 9.37 Å². The smallest absolute Gasteiger partial charge is 0.274 e. The number of hydrogen-bond acceptors (Lipinski definition) is 4. The van der Waals surface area contributed by atoms with Crippen molar-refractivity contribution in [3.63, 3.8) is 0 Å². The molecule has 1 fully saturated rings. The maximum atomic E-state index is 14.0. The quantitative estimate of drug-likeness (QED) is 0.356. The Morgan fingerprint density at radius 2 is 1.79 bits per heavy atom. The number of aliphatic hydroxyl groups excluding tert-OH is 2. The zero-order chi connectivity index (χ0) is 27.2. The van der Waals surface area contributed by atoms with E-state index < -0.39 is 12.2 Å². The van der Waals surface area contributed by atoms with Gasteiger partial charge in [0.2, 0.25) is 0 Å². The van der Waals surface area contributed by atoms with Crippen molar-refractivity contribution in [1.29, 1.82) is 0 Å². The number of carbonyl (C=O) groups is 1. The summed E-state index contributed by atoms with van der Waals surface area (Å²) in [5.41, 5.74) is 3.21. The minimum atomic E-state index is -0.679. The second-order valence-electron chi connectivity index (χ2n) is 10.7. The number of nitrogens with zero attached hydrogens (tertiary/aromatic N) is 3. The number of amides is 1. The molecule has 0 aliphatic carbocycles. The van der Waals surface area contributed by atoms with Crippen LogP contribution in [0.4, 0.5) is 4.39 Å². The van der Waals surface area contributed by atoms with E-state index >= 15 is 0 Å². The molecule has 4 rings (SSSR count). The molecule has 1 aliphatic heterocycles. The minimum absolute atomic E-state index is 0.00346.